The third kappa shape index (κ3) is 5.64. The molecule has 2 aromatic rings. The Balaban J connectivity index is 1.80. The Hall–Kier alpha value is -2.25. The van der Waals surface area contributed by atoms with E-state index in [1.807, 2.05) is 0 Å². The molecular weight excluding hydrogens is 483 g/mol. The minimum Gasteiger partial charge on any atom is -0.444 e. The van der Waals surface area contributed by atoms with Crippen LogP contribution in [-0.4, -0.2) is 55.0 Å². The molecule has 0 radical (unpaired) electrons. The summed E-state index contributed by atoms with van der Waals surface area (Å²) in [6.45, 7) is 4.92. The molecule has 0 aliphatic carbocycles. The van der Waals surface area contributed by atoms with E-state index in [9.17, 15) is 32.1 Å². The van der Waals surface area contributed by atoms with E-state index in [0.29, 0.717) is 4.70 Å². The van der Waals surface area contributed by atoms with Crippen LogP contribution in [0.25, 0.3) is 10.1 Å². The third-order valence-electron chi connectivity index (χ3n) is 4.99. The smallest absolute Gasteiger partial charge is 0.423 e. The van der Waals surface area contributed by atoms with Crippen LogP contribution in [0.4, 0.5) is 18.0 Å². The minimum atomic E-state index is -5.10. The van der Waals surface area contributed by atoms with Crippen molar-refractivity contribution in [2.24, 2.45) is 4.36 Å². The summed E-state index contributed by atoms with van der Waals surface area (Å²) in [5.74, 6) is -1.79. The van der Waals surface area contributed by atoms with Gasteiger partial charge in [0.15, 0.2) is 0 Å². The molecule has 2 amide bonds. The zero-order valence-corrected chi connectivity index (χ0v) is 19.8. The summed E-state index contributed by atoms with van der Waals surface area (Å²) in [7, 11) is -3.38. The van der Waals surface area contributed by atoms with Crippen LogP contribution in [0.2, 0.25) is 0 Å². The van der Waals surface area contributed by atoms with Gasteiger partial charge < -0.3 is 15.2 Å². The highest BCUT2D eigenvalue weighted by molar-refractivity contribution is 7.93. The first-order chi connectivity index (χ1) is 15.1. The van der Waals surface area contributed by atoms with Gasteiger partial charge in [-0.25, -0.2) is 9.00 Å². The molecule has 3 atom stereocenters. The highest BCUT2D eigenvalue weighted by Gasteiger charge is 2.57. The molecule has 1 aliphatic rings. The number of nitrogens with zero attached hydrogens (tertiary/aromatic N) is 2. The van der Waals surface area contributed by atoms with Crippen molar-refractivity contribution in [1.29, 1.82) is 0 Å². The number of carbonyl (C=O) groups is 2. The maximum absolute atomic E-state index is 14.0. The summed E-state index contributed by atoms with van der Waals surface area (Å²) in [5, 5.41) is 13.2. The highest BCUT2D eigenvalue weighted by Crippen LogP contribution is 2.44. The largest absolute Gasteiger partial charge is 0.444 e. The van der Waals surface area contributed by atoms with Gasteiger partial charge in [-0.05, 0) is 44.8 Å². The molecule has 2 unspecified atom stereocenters. The van der Waals surface area contributed by atoms with Crippen molar-refractivity contribution in [3.8, 4) is 0 Å². The van der Waals surface area contributed by atoms with Crippen molar-refractivity contribution in [3.05, 3.63) is 30.0 Å². The average molecular weight is 508 g/mol. The Labute approximate surface area is 192 Å². The first kappa shape index (κ1) is 25.4. The Bertz CT molecular complexity index is 1180. The maximum atomic E-state index is 14.0. The molecular formula is C20H24F3N3O5S2. The summed E-state index contributed by atoms with van der Waals surface area (Å²) in [6.07, 6.45) is -7.01. The van der Waals surface area contributed by atoms with E-state index in [2.05, 4.69) is 14.1 Å². The van der Waals surface area contributed by atoms with Gasteiger partial charge >= 0.3 is 12.3 Å². The molecule has 0 bridgehead atoms. The molecule has 1 aromatic carbocycles. The number of fused-ring (bicyclic) bond motifs is 1. The first-order valence-electron chi connectivity index (χ1n) is 10.0. The molecule has 182 valence electrons. The second kappa shape index (κ2) is 8.84. The first-order valence-corrected chi connectivity index (χ1v) is 12.7. The molecule has 0 saturated carbocycles. The van der Waals surface area contributed by atoms with Gasteiger partial charge in [0.1, 0.15) is 17.3 Å². The number of ether oxygens (including phenoxy) is 1. The lowest BCUT2D eigenvalue weighted by atomic mass is 9.93. The minimum absolute atomic E-state index is 0.0789. The molecule has 1 aromatic heterocycles. The van der Waals surface area contributed by atoms with Crippen LogP contribution in [0.3, 0.4) is 0 Å². The van der Waals surface area contributed by atoms with Crippen LogP contribution in [0.5, 0.6) is 0 Å². The Morgan fingerprint density at radius 2 is 1.97 bits per heavy atom. The van der Waals surface area contributed by atoms with Gasteiger partial charge in [-0.3, -0.25) is 4.79 Å². The number of aromatic nitrogens is 1. The predicted molar refractivity (Wildman–Crippen MR) is 117 cm³/mol. The van der Waals surface area contributed by atoms with Crippen LogP contribution in [0, 0.1) is 0 Å². The topological polar surface area (TPSA) is 118 Å². The number of alkyl carbamates (subject to hydrolysis) is 1. The van der Waals surface area contributed by atoms with Gasteiger partial charge in [-0.1, -0.05) is 18.2 Å². The van der Waals surface area contributed by atoms with Crippen LogP contribution in [0.1, 0.15) is 39.3 Å². The van der Waals surface area contributed by atoms with E-state index < -0.39 is 63.0 Å². The molecule has 0 fully saturated rings. The summed E-state index contributed by atoms with van der Waals surface area (Å²) >= 11 is 0.817. The van der Waals surface area contributed by atoms with E-state index in [-0.39, 0.29) is 17.6 Å². The number of aliphatic hydroxyl groups is 1. The number of alkyl halides is 3. The van der Waals surface area contributed by atoms with Gasteiger partial charge in [0.25, 0.3) is 5.91 Å². The standard InChI is InChI=1S/C20H24F3N3O5S2/c1-18(2,3)31-17(28)24-13-8-10-33(30,26-16(13)27)11-9-19(29,20(21,22)23)15-12-6-4-5-7-14(12)32-25-15/h4-7,13,29H,8-11H2,1-3H3,(H,24,28)/t13-,19?,33?/m0/s1. The molecule has 8 nitrogen and oxygen atoms in total. The summed E-state index contributed by atoms with van der Waals surface area (Å²) in [4.78, 5) is 24.2. The fourth-order valence-electron chi connectivity index (χ4n) is 3.32. The molecule has 0 saturated heterocycles. The van der Waals surface area contributed by atoms with E-state index in [1.165, 1.54) is 12.1 Å². The van der Waals surface area contributed by atoms with E-state index in [0.717, 1.165) is 11.5 Å². The lowest BCUT2D eigenvalue weighted by molar-refractivity contribution is -0.268. The van der Waals surface area contributed by atoms with Gasteiger partial charge in [0, 0.05) is 23.3 Å². The fraction of sp³-hybridized carbons (Fsp3) is 0.550. The van der Waals surface area contributed by atoms with Crippen molar-refractivity contribution in [2.45, 2.75) is 57.0 Å². The zero-order valence-electron chi connectivity index (χ0n) is 18.1. The number of hydrogen-bond acceptors (Lipinski definition) is 7. The SMILES string of the molecule is CC(C)(C)OC(=O)N[C@H]1CCS(=O)(CCC(O)(c2nsc3ccccc23)C(F)(F)F)=NC1=O. The maximum Gasteiger partial charge on any atom is 0.423 e. The van der Waals surface area contributed by atoms with Crippen LogP contribution in [-0.2, 0) is 24.9 Å². The zero-order chi connectivity index (χ0) is 24.7. The Kier molecular flexibility index (Phi) is 6.80. The van der Waals surface area contributed by atoms with Gasteiger partial charge in [0.05, 0.1) is 14.4 Å². The van der Waals surface area contributed by atoms with Gasteiger partial charge in [-0.2, -0.15) is 21.9 Å². The second-order valence-electron chi connectivity index (χ2n) is 8.73. The van der Waals surface area contributed by atoms with Crippen molar-refractivity contribution < 1.29 is 36.8 Å². The molecule has 0 spiro atoms. The number of hydrogen-bond donors (Lipinski definition) is 2. The predicted octanol–water partition coefficient (Wildman–Crippen LogP) is 3.73. The summed E-state index contributed by atoms with van der Waals surface area (Å²) in [5.41, 5.74) is -4.72. The Morgan fingerprint density at radius 3 is 2.58 bits per heavy atom. The van der Waals surface area contributed by atoms with E-state index in [1.54, 1.807) is 32.9 Å². The summed E-state index contributed by atoms with van der Waals surface area (Å²) < 4.78 is 67.9. The number of rotatable bonds is 5. The number of nitrogens with one attached hydrogen (secondary N) is 1. The Morgan fingerprint density at radius 1 is 1.30 bits per heavy atom. The number of carbonyl (C=O) groups excluding carboxylic acids is 2. The molecule has 2 N–H and O–H groups in total. The number of halogens is 3. The second-order valence-corrected chi connectivity index (χ2v) is 12.1. The number of amides is 2. The van der Waals surface area contributed by atoms with Crippen molar-refractivity contribution >= 4 is 43.3 Å². The quantitative estimate of drug-likeness (QED) is 0.637. The van der Waals surface area contributed by atoms with Crippen LogP contribution in [0.15, 0.2) is 28.6 Å². The molecule has 2 heterocycles. The van der Waals surface area contributed by atoms with Crippen LogP contribution < -0.4 is 5.32 Å². The lowest BCUT2D eigenvalue weighted by Gasteiger charge is -2.30. The van der Waals surface area contributed by atoms with E-state index >= 15 is 0 Å². The molecule has 33 heavy (non-hydrogen) atoms. The van der Waals surface area contributed by atoms with E-state index in [4.69, 9.17) is 4.74 Å². The van der Waals surface area contributed by atoms with Crippen molar-refractivity contribution in [3.63, 3.8) is 0 Å². The van der Waals surface area contributed by atoms with Crippen molar-refractivity contribution in [2.75, 3.05) is 11.5 Å². The lowest BCUT2D eigenvalue weighted by Crippen LogP contribution is -2.47. The monoisotopic (exact) mass is 507 g/mol. The molecule has 1 aliphatic heterocycles. The normalized spacial score (nSPS) is 23.6. The highest BCUT2D eigenvalue weighted by atomic mass is 32.2. The van der Waals surface area contributed by atoms with Gasteiger partial charge in [-0.15, -0.1) is 0 Å². The van der Waals surface area contributed by atoms with Crippen LogP contribution >= 0.6 is 11.5 Å². The fourth-order valence-corrected chi connectivity index (χ4v) is 6.22. The van der Waals surface area contributed by atoms with Gasteiger partial charge in [0.2, 0.25) is 5.60 Å². The summed E-state index contributed by atoms with van der Waals surface area (Å²) in [6, 6.07) is 5.09. The molecule has 3 rings (SSSR count). The average Bonchev–Trinajstić information content (AvgIpc) is 3.11. The number of benzene rings is 1. The van der Waals surface area contributed by atoms with Crippen molar-refractivity contribution in [1.82, 2.24) is 9.69 Å². The molecule has 13 heteroatoms. The third-order valence-corrected chi connectivity index (χ3v) is 8.05.